The maximum atomic E-state index is 10.6. The molecule has 144 valence electrons. The Kier molecular flexibility index (Phi) is 6.37. The molecule has 5 nitrogen and oxygen atoms in total. The zero-order valence-corrected chi connectivity index (χ0v) is 16.3. The van der Waals surface area contributed by atoms with Gasteiger partial charge in [0.25, 0.3) is 0 Å². The summed E-state index contributed by atoms with van der Waals surface area (Å²) in [5.74, 6) is 0.475. The van der Waals surface area contributed by atoms with Crippen LogP contribution in [0, 0.1) is 5.41 Å². The van der Waals surface area contributed by atoms with E-state index in [1.807, 2.05) is 30.3 Å². The zero-order chi connectivity index (χ0) is 19.9. The maximum absolute atomic E-state index is 10.6. The van der Waals surface area contributed by atoms with Gasteiger partial charge in [-0.25, -0.2) is 4.98 Å². The fraction of sp³-hybridized carbons (Fsp3) is 0.261. The van der Waals surface area contributed by atoms with Crippen LogP contribution in [0.5, 0.6) is 0 Å². The first-order chi connectivity index (χ1) is 13.6. The van der Waals surface area contributed by atoms with Gasteiger partial charge in [0, 0.05) is 10.9 Å². The van der Waals surface area contributed by atoms with Crippen LogP contribution in [0.25, 0.3) is 22.2 Å². The van der Waals surface area contributed by atoms with E-state index in [2.05, 4.69) is 48.7 Å². The number of para-hydroxylation sites is 1. The first kappa shape index (κ1) is 19.5. The summed E-state index contributed by atoms with van der Waals surface area (Å²) in [6, 6.07) is 18.2. The number of hydrogen-bond donors (Lipinski definition) is 3. The lowest BCUT2D eigenvalue weighted by molar-refractivity contribution is -0.108. The van der Waals surface area contributed by atoms with Crippen LogP contribution in [-0.4, -0.2) is 17.4 Å². The second-order valence-electron chi connectivity index (χ2n) is 7.00. The molecule has 0 bridgehead atoms. The number of pyridine rings is 1. The molecule has 1 unspecified atom stereocenters. The molecule has 0 aliphatic rings. The number of aromatic nitrogens is 1. The summed E-state index contributed by atoms with van der Waals surface area (Å²) >= 11 is 0. The van der Waals surface area contributed by atoms with Crippen molar-refractivity contribution in [3.05, 3.63) is 60.2 Å². The summed E-state index contributed by atoms with van der Waals surface area (Å²) < 4.78 is 0. The number of nitrogens with one attached hydrogen (secondary N) is 3. The number of unbranched alkanes of at least 4 members (excludes halogenated alkanes) is 1. The molecular formula is C23H26N4O. The van der Waals surface area contributed by atoms with Crippen molar-refractivity contribution < 1.29 is 4.79 Å². The van der Waals surface area contributed by atoms with E-state index < -0.39 is 0 Å². The molecule has 0 fully saturated rings. The van der Waals surface area contributed by atoms with Crippen LogP contribution < -0.4 is 10.6 Å². The van der Waals surface area contributed by atoms with Gasteiger partial charge in [0.15, 0.2) is 5.96 Å². The summed E-state index contributed by atoms with van der Waals surface area (Å²) in [5, 5.41) is 14.0. The Bertz CT molecular complexity index is 966. The van der Waals surface area contributed by atoms with Crippen molar-refractivity contribution in [1.82, 2.24) is 10.3 Å². The van der Waals surface area contributed by atoms with Gasteiger partial charge in [-0.3, -0.25) is 15.5 Å². The van der Waals surface area contributed by atoms with Crippen LogP contribution in [0.4, 0.5) is 5.69 Å². The van der Waals surface area contributed by atoms with Crippen LogP contribution in [-0.2, 0) is 4.79 Å². The number of amides is 1. The number of guanidine groups is 1. The van der Waals surface area contributed by atoms with E-state index in [4.69, 9.17) is 10.4 Å². The molecular weight excluding hydrogens is 348 g/mol. The van der Waals surface area contributed by atoms with Crippen molar-refractivity contribution >= 4 is 29.0 Å². The molecule has 3 aromatic rings. The maximum Gasteiger partial charge on any atom is 0.213 e. The van der Waals surface area contributed by atoms with Gasteiger partial charge < -0.3 is 5.32 Å². The average Bonchev–Trinajstić information content (AvgIpc) is 2.72. The summed E-state index contributed by atoms with van der Waals surface area (Å²) in [7, 11) is 0. The SMILES string of the molecule is CCCCC(C)c1ccc(-c2cc(NC(=N)NC=O)c3ccccc3n2)cc1. The largest absolute Gasteiger partial charge is 0.325 e. The van der Waals surface area contributed by atoms with E-state index >= 15 is 0 Å². The second-order valence-corrected chi connectivity index (χ2v) is 7.00. The number of benzene rings is 2. The molecule has 1 heterocycles. The lowest BCUT2D eigenvalue weighted by Gasteiger charge is -2.14. The van der Waals surface area contributed by atoms with Crippen LogP contribution in [0.2, 0.25) is 0 Å². The molecule has 3 rings (SSSR count). The topological polar surface area (TPSA) is 77.9 Å². The summed E-state index contributed by atoms with van der Waals surface area (Å²) in [6.07, 6.45) is 4.14. The van der Waals surface area contributed by atoms with E-state index in [0.717, 1.165) is 27.8 Å². The van der Waals surface area contributed by atoms with Crippen molar-refractivity contribution in [1.29, 1.82) is 5.41 Å². The molecule has 0 saturated heterocycles. The van der Waals surface area contributed by atoms with Crippen molar-refractivity contribution in [2.45, 2.75) is 39.0 Å². The minimum absolute atomic E-state index is 0.0719. The molecule has 28 heavy (non-hydrogen) atoms. The van der Waals surface area contributed by atoms with E-state index in [1.54, 1.807) is 0 Å². The first-order valence-electron chi connectivity index (χ1n) is 9.68. The molecule has 1 atom stereocenters. The highest BCUT2D eigenvalue weighted by Gasteiger charge is 2.10. The Balaban J connectivity index is 1.94. The van der Waals surface area contributed by atoms with E-state index in [9.17, 15) is 4.79 Å². The summed E-state index contributed by atoms with van der Waals surface area (Å²) in [4.78, 5) is 15.4. The molecule has 1 amide bonds. The highest BCUT2D eigenvalue weighted by molar-refractivity contribution is 6.04. The monoisotopic (exact) mass is 374 g/mol. The Hall–Kier alpha value is -3.21. The Morgan fingerprint density at radius 2 is 1.93 bits per heavy atom. The second kappa shape index (κ2) is 9.13. The smallest absolute Gasteiger partial charge is 0.213 e. The van der Waals surface area contributed by atoms with Crippen LogP contribution in [0.3, 0.4) is 0 Å². The number of rotatable bonds is 7. The highest BCUT2D eigenvalue weighted by atomic mass is 16.1. The average molecular weight is 374 g/mol. The van der Waals surface area contributed by atoms with Crippen molar-refractivity contribution in [3.8, 4) is 11.3 Å². The molecule has 0 radical (unpaired) electrons. The number of nitrogens with zero attached hydrogens (tertiary/aromatic N) is 1. The van der Waals surface area contributed by atoms with Gasteiger partial charge in [-0.05, 0) is 30.0 Å². The summed E-state index contributed by atoms with van der Waals surface area (Å²) in [6.45, 7) is 4.49. The minimum Gasteiger partial charge on any atom is -0.325 e. The number of hydrogen-bond acceptors (Lipinski definition) is 3. The zero-order valence-electron chi connectivity index (χ0n) is 16.3. The van der Waals surface area contributed by atoms with Crippen LogP contribution in [0.15, 0.2) is 54.6 Å². The minimum atomic E-state index is -0.0719. The van der Waals surface area contributed by atoms with Gasteiger partial charge in [-0.15, -0.1) is 0 Å². The van der Waals surface area contributed by atoms with E-state index in [0.29, 0.717) is 12.3 Å². The fourth-order valence-electron chi connectivity index (χ4n) is 3.32. The van der Waals surface area contributed by atoms with Gasteiger partial charge >= 0.3 is 0 Å². The fourth-order valence-corrected chi connectivity index (χ4v) is 3.32. The van der Waals surface area contributed by atoms with Crippen molar-refractivity contribution in [2.75, 3.05) is 5.32 Å². The van der Waals surface area contributed by atoms with Gasteiger partial charge in [-0.2, -0.15) is 0 Å². The third kappa shape index (κ3) is 4.55. The third-order valence-electron chi connectivity index (χ3n) is 4.95. The van der Waals surface area contributed by atoms with Crippen molar-refractivity contribution in [3.63, 3.8) is 0 Å². The van der Waals surface area contributed by atoms with Gasteiger partial charge in [0.2, 0.25) is 6.41 Å². The molecule has 0 spiro atoms. The van der Waals surface area contributed by atoms with Crippen LogP contribution in [0.1, 0.15) is 44.6 Å². The number of carbonyl (C=O) groups is 1. The summed E-state index contributed by atoms with van der Waals surface area (Å²) in [5.41, 5.74) is 4.76. The number of carbonyl (C=O) groups excluding carboxylic acids is 1. The van der Waals surface area contributed by atoms with Gasteiger partial charge in [0.1, 0.15) is 0 Å². The normalized spacial score (nSPS) is 11.8. The molecule has 0 saturated carbocycles. The molecule has 5 heteroatoms. The van der Waals surface area contributed by atoms with Crippen molar-refractivity contribution in [2.24, 2.45) is 0 Å². The quantitative estimate of drug-likeness (QED) is 0.299. The molecule has 3 N–H and O–H groups in total. The lowest BCUT2D eigenvalue weighted by atomic mass is 9.94. The molecule has 1 aromatic heterocycles. The van der Waals surface area contributed by atoms with E-state index in [1.165, 1.54) is 24.8 Å². The van der Waals surface area contributed by atoms with E-state index in [-0.39, 0.29) is 5.96 Å². The third-order valence-corrected chi connectivity index (χ3v) is 4.95. The predicted molar refractivity (Wildman–Crippen MR) is 116 cm³/mol. The van der Waals surface area contributed by atoms with Gasteiger partial charge in [-0.1, -0.05) is 69.2 Å². The lowest BCUT2D eigenvalue weighted by Crippen LogP contribution is -2.28. The van der Waals surface area contributed by atoms with Gasteiger partial charge in [0.05, 0.1) is 16.9 Å². The highest BCUT2D eigenvalue weighted by Crippen LogP contribution is 2.30. The molecule has 2 aromatic carbocycles. The molecule has 0 aliphatic heterocycles. The number of anilines is 1. The Labute approximate surface area is 165 Å². The standard InChI is InChI=1S/C23H26N4O/c1-3-4-7-16(2)17-10-12-18(13-11-17)21-14-22(27-23(24)25-15-28)19-8-5-6-9-20(19)26-21/h5-6,8-16H,3-4,7H2,1-2H3,(H3,24,25,26,27,28). The number of fused-ring (bicyclic) bond motifs is 1. The Morgan fingerprint density at radius 3 is 2.64 bits per heavy atom. The first-order valence-corrected chi connectivity index (χ1v) is 9.68. The predicted octanol–water partition coefficient (Wildman–Crippen LogP) is 5.29. The van der Waals surface area contributed by atoms with Crippen LogP contribution >= 0.6 is 0 Å². The Morgan fingerprint density at radius 1 is 1.18 bits per heavy atom. The molecule has 0 aliphatic carbocycles.